The lowest BCUT2D eigenvalue weighted by Gasteiger charge is -2.11. The molecule has 3 rings (SSSR count). The van der Waals surface area contributed by atoms with Crippen LogP contribution < -0.4 is 9.70 Å². The van der Waals surface area contributed by atoms with Gasteiger partial charge in [0.15, 0.2) is 4.80 Å². The maximum absolute atomic E-state index is 6.04. The van der Waals surface area contributed by atoms with Crippen LogP contribution in [0.5, 0.6) is 0 Å². The van der Waals surface area contributed by atoms with Gasteiger partial charge in [0.05, 0.1) is 32.0 Å². The fourth-order valence-electron chi connectivity index (χ4n) is 2.69. The molecule has 0 bridgehead atoms. The highest BCUT2D eigenvalue weighted by atomic mass is 35.5. The summed E-state index contributed by atoms with van der Waals surface area (Å²) in [7, 11) is 4.38. The lowest BCUT2D eigenvalue weighted by molar-refractivity contribution is -0.858. The largest absolute Gasteiger partial charge is 0.340 e. The van der Waals surface area contributed by atoms with E-state index in [0.29, 0.717) is 0 Å². The third-order valence-electron chi connectivity index (χ3n) is 3.98. The van der Waals surface area contributed by atoms with E-state index in [0.717, 1.165) is 35.0 Å². The van der Waals surface area contributed by atoms with Gasteiger partial charge in [0.25, 0.3) is 0 Å². The first-order chi connectivity index (χ1) is 12.1. The van der Waals surface area contributed by atoms with Crippen LogP contribution in [0.1, 0.15) is 6.42 Å². The van der Waals surface area contributed by atoms with E-state index in [9.17, 15) is 0 Å². The first kappa shape index (κ1) is 17.9. The van der Waals surface area contributed by atoms with Crippen molar-refractivity contribution in [3.8, 4) is 11.3 Å². The van der Waals surface area contributed by atoms with E-state index in [1.54, 1.807) is 11.3 Å². The zero-order valence-electron chi connectivity index (χ0n) is 14.6. The van der Waals surface area contributed by atoms with Crippen molar-refractivity contribution in [2.45, 2.75) is 13.0 Å². The Balaban J connectivity index is 2.00. The van der Waals surface area contributed by atoms with E-state index in [1.807, 2.05) is 42.5 Å². The Morgan fingerprint density at radius 1 is 1.04 bits per heavy atom. The molecule has 3 aromatic rings. The number of hydrogen-bond donors (Lipinski definition) is 1. The van der Waals surface area contributed by atoms with Crippen LogP contribution in [0, 0.1) is 0 Å². The molecule has 0 unspecified atom stereocenters. The lowest BCUT2D eigenvalue weighted by Crippen LogP contribution is -3.05. The molecule has 130 valence electrons. The van der Waals surface area contributed by atoms with E-state index in [4.69, 9.17) is 16.6 Å². The first-order valence-corrected chi connectivity index (χ1v) is 9.72. The van der Waals surface area contributed by atoms with Gasteiger partial charge in [-0.25, -0.2) is 4.99 Å². The summed E-state index contributed by atoms with van der Waals surface area (Å²) in [5.74, 6) is 0. The first-order valence-electron chi connectivity index (χ1n) is 8.46. The Hall–Kier alpha value is -1.88. The minimum Gasteiger partial charge on any atom is -0.340 e. The summed E-state index contributed by atoms with van der Waals surface area (Å²) in [4.78, 5) is 7.35. The van der Waals surface area contributed by atoms with Crippen LogP contribution in [-0.2, 0) is 6.54 Å². The average Bonchev–Trinajstić information content (AvgIpc) is 2.99. The van der Waals surface area contributed by atoms with Gasteiger partial charge in [-0.3, -0.25) is 0 Å². The van der Waals surface area contributed by atoms with Crippen LogP contribution in [0.15, 0.2) is 65.0 Å². The van der Waals surface area contributed by atoms with Gasteiger partial charge in [-0.05, 0) is 29.8 Å². The van der Waals surface area contributed by atoms with Gasteiger partial charge >= 0.3 is 0 Å². The number of thiazole rings is 1. The molecule has 3 nitrogen and oxygen atoms in total. The van der Waals surface area contributed by atoms with Crippen LogP contribution >= 0.6 is 22.9 Å². The van der Waals surface area contributed by atoms with Crippen molar-refractivity contribution in [1.82, 2.24) is 4.57 Å². The molecule has 0 radical (unpaired) electrons. The molecular formula is C20H23ClN3S+. The van der Waals surface area contributed by atoms with Gasteiger partial charge in [0.1, 0.15) is 0 Å². The summed E-state index contributed by atoms with van der Waals surface area (Å²) in [5.41, 5.74) is 3.36. The molecule has 1 heterocycles. The molecule has 2 aromatic carbocycles. The van der Waals surface area contributed by atoms with E-state index < -0.39 is 0 Å². The minimum absolute atomic E-state index is 0.760. The predicted molar refractivity (Wildman–Crippen MR) is 107 cm³/mol. The zero-order chi connectivity index (χ0) is 17.6. The quantitative estimate of drug-likeness (QED) is 0.682. The van der Waals surface area contributed by atoms with Crippen LogP contribution in [0.25, 0.3) is 11.3 Å². The third kappa shape index (κ3) is 4.82. The fraction of sp³-hybridized carbons (Fsp3) is 0.250. The van der Waals surface area contributed by atoms with E-state index >= 15 is 0 Å². The summed E-state index contributed by atoms with van der Waals surface area (Å²) in [5, 5.41) is 2.95. The van der Waals surface area contributed by atoms with Crippen LogP contribution in [0.4, 0.5) is 5.69 Å². The molecule has 0 saturated heterocycles. The van der Waals surface area contributed by atoms with Crippen LogP contribution in [-0.4, -0.2) is 25.2 Å². The smallest absolute Gasteiger partial charge is 0.190 e. The second-order valence-electron chi connectivity index (χ2n) is 6.32. The van der Waals surface area contributed by atoms with Crippen molar-refractivity contribution in [2.24, 2.45) is 4.99 Å². The Morgan fingerprint density at radius 3 is 2.44 bits per heavy atom. The summed E-state index contributed by atoms with van der Waals surface area (Å²) in [6, 6.07) is 18.2. The molecule has 0 fully saturated rings. The number of quaternary nitrogens is 1. The second-order valence-corrected chi connectivity index (χ2v) is 7.59. The van der Waals surface area contributed by atoms with Crippen LogP contribution in [0.3, 0.4) is 0 Å². The third-order valence-corrected chi connectivity index (χ3v) is 5.09. The normalized spacial score (nSPS) is 12.1. The van der Waals surface area contributed by atoms with Crippen molar-refractivity contribution in [2.75, 3.05) is 20.6 Å². The van der Waals surface area contributed by atoms with E-state index in [2.05, 4.69) is 36.2 Å². The molecule has 0 saturated carbocycles. The topological polar surface area (TPSA) is 21.7 Å². The molecule has 0 spiro atoms. The molecule has 0 amide bonds. The fourth-order valence-corrected chi connectivity index (χ4v) is 3.77. The van der Waals surface area contributed by atoms with Gasteiger partial charge < -0.3 is 9.47 Å². The van der Waals surface area contributed by atoms with Crippen molar-refractivity contribution in [1.29, 1.82) is 0 Å². The SMILES string of the molecule is C[NH+](C)CCCn1c(-c2ccc(Cl)cc2)csc1=Nc1ccccc1. The molecule has 1 aromatic heterocycles. The monoisotopic (exact) mass is 372 g/mol. The highest BCUT2D eigenvalue weighted by Gasteiger charge is 2.09. The predicted octanol–water partition coefficient (Wildman–Crippen LogP) is 3.64. The molecule has 25 heavy (non-hydrogen) atoms. The Kier molecular flexibility index (Phi) is 6.08. The average molecular weight is 373 g/mol. The maximum Gasteiger partial charge on any atom is 0.190 e. The molecule has 0 atom stereocenters. The van der Waals surface area contributed by atoms with Gasteiger partial charge in [0.2, 0.25) is 0 Å². The highest BCUT2D eigenvalue weighted by Crippen LogP contribution is 2.23. The van der Waals surface area contributed by atoms with Gasteiger partial charge in [-0.2, -0.15) is 0 Å². The number of halogens is 1. The summed E-state index contributed by atoms with van der Waals surface area (Å²) in [6.45, 7) is 2.09. The van der Waals surface area contributed by atoms with Gasteiger partial charge in [0, 0.05) is 23.4 Å². The Morgan fingerprint density at radius 2 is 1.76 bits per heavy atom. The van der Waals surface area contributed by atoms with E-state index in [1.165, 1.54) is 16.2 Å². The van der Waals surface area contributed by atoms with Crippen molar-refractivity contribution >= 4 is 28.6 Å². The second kappa shape index (κ2) is 8.48. The number of hydrogen-bond acceptors (Lipinski definition) is 2. The number of para-hydroxylation sites is 1. The number of rotatable bonds is 6. The number of nitrogens with zero attached hydrogens (tertiary/aromatic N) is 2. The molecule has 0 aliphatic rings. The van der Waals surface area contributed by atoms with E-state index in [-0.39, 0.29) is 0 Å². The van der Waals surface area contributed by atoms with Crippen molar-refractivity contribution < 1.29 is 4.90 Å². The maximum atomic E-state index is 6.04. The molecule has 5 heteroatoms. The van der Waals surface area contributed by atoms with Crippen LogP contribution in [0.2, 0.25) is 5.02 Å². The number of nitrogens with one attached hydrogen (secondary N) is 1. The zero-order valence-corrected chi connectivity index (χ0v) is 16.1. The Labute approximate surface area is 157 Å². The van der Waals surface area contributed by atoms with Crippen molar-refractivity contribution in [3.05, 3.63) is 69.8 Å². The van der Waals surface area contributed by atoms with Gasteiger partial charge in [-0.1, -0.05) is 41.9 Å². The summed E-state index contributed by atoms with van der Waals surface area (Å²) < 4.78 is 2.32. The molecule has 0 aliphatic heterocycles. The number of aromatic nitrogens is 1. The van der Waals surface area contributed by atoms with Gasteiger partial charge in [-0.15, -0.1) is 11.3 Å². The van der Waals surface area contributed by atoms with Crippen molar-refractivity contribution in [3.63, 3.8) is 0 Å². The molecule has 1 N–H and O–H groups in total. The summed E-state index contributed by atoms with van der Waals surface area (Å²) >= 11 is 7.73. The standard InChI is InChI=1S/C20H22ClN3S/c1-23(2)13-6-14-24-19(16-9-11-17(21)12-10-16)15-25-20(24)22-18-7-4-3-5-8-18/h3-5,7-12,15H,6,13-14H2,1-2H3/p+1. The number of benzene rings is 2. The Bertz CT molecular complexity index is 864. The molecular weight excluding hydrogens is 350 g/mol. The lowest BCUT2D eigenvalue weighted by atomic mass is 10.2. The minimum atomic E-state index is 0.760. The highest BCUT2D eigenvalue weighted by molar-refractivity contribution is 7.07. The molecule has 0 aliphatic carbocycles. The summed E-state index contributed by atoms with van der Waals surface area (Å²) in [6.07, 6.45) is 1.11.